The van der Waals surface area contributed by atoms with Crippen molar-refractivity contribution in [2.75, 3.05) is 5.73 Å². The number of aromatic hydroxyl groups is 1. The number of nitrogens with zero attached hydrogens (tertiary/aromatic N) is 1. The van der Waals surface area contributed by atoms with Crippen LogP contribution in [0.25, 0.3) is 0 Å². The van der Waals surface area contributed by atoms with Gasteiger partial charge in [-0.1, -0.05) is 6.07 Å². The number of phenols is 1. The largest absolute Gasteiger partial charge is 0.506 e. The molecule has 0 aliphatic heterocycles. The molecule has 1 fully saturated rings. The normalized spacial score (nSPS) is 17.1. The molecule has 3 N–H and O–H groups in total. The third-order valence-corrected chi connectivity index (χ3v) is 2.55. The SMILES string of the molecule is Nc1cc(C2(N=C=O)CC2)ccc1O. The van der Waals surface area contributed by atoms with E-state index >= 15 is 0 Å². The van der Waals surface area contributed by atoms with Gasteiger partial charge in [0.25, 0.3) is 0 Å². The van der Waals surface area contributed by atoms with Crippen LogP contribution in [0.5, 0.6) is 5.75 Å². The van der Waals surface area contributed by atoms with E-state index in [0.29, 0.717) is 5.69 Å². The second kappa shape index (κ2) is 2.86. The van der Waals surface area contributed by atoms with Crippen molar-refractivity contribution in [2.24, 2.45) is 4.99 Å². The molecule has 0 aromatic heterocycles. The van der Waals surface area contributed by atoms with Crippen molar-refractivity contribution in [3.63, 3.8) is 0 Å². The van der Waals surface area contributed by atoms with Gasteiger partial charge >= 0.3 is 0 Å². The lowest BCUT2D eigenvalue weighted by molar-refractivity contribution is 0.477. The topological polar surface area (TPSA) is 75.7 Å². The van der Waals surface area contributed by atoms with E-state index in [-0.39, 0.29) is 5.75 Å². The highest BCUT2D eigenvalue weighted by molar-refractivity contribution is 5.56. The summed E-state index contributed by atoms with van der Waals surface area (Å²) in [5.74, 6) is 0.0552. The Balaban J connectivity index is 2.42. The fourth-order valence-electron chi connectivity index (χ4n) is 1.51. The summed E-state index contributed by atoms with van der Waals surface area (Å²) in [6.07, 6.45) is 3.25. The summed E-state index contributed by atoms with van der Waals surface area (Å²) in [4.78, 5) is 14.0. The summed E-state index contributed by atoms with van der Waals surface area (Å²) >= 11 is 0. The lowest BCUT2D eigenvalue weighted by Gasteiger charge is -2.09. The summed E-state index contributed by atoms with van der Waals surface area (Å²) in [5, 5.41) is 9.23. The number of carbonyl (C=O) groups excluding carboxylic acids is 1. The minimum absolute atomic E-state index is 0.0552. The number of isocyanates is 1. The molecule has 0 atom stereocenters. The first kappa shape index (κ1) is 8.78. The summed E-state index contributed by atoms with van der Waals surface area (Å²) in [5.41, 5.74) is 6.32. The first-order chi connectivity index (χ1) is 6.68. The Labute approximate surface area is 81.1 Å². The van der Waals surface area contributed by atoms with Crippen LogP contribution in [0.4, 0.5) is 5.69 Å². The van der Waals surface area contributed by atoms with E-state index in [2.05, 4.69) is 4.99 Å². The Hall–Kier alpha value is -1.80. The van der Waals surface area contributed by atoms with Crippen LogP contribution in [-0.2, 0) is 10.3 Å². The van der Waals surface area contributed by atoms with Crippen LogP contribution in [0.2, 0.25) is 0 Å². The van der Waals surface area contributed by atoms with E-state index in [1.165, 1.54) is 6.07 Å². The molecule has 1 saturated carbocycles. The summed E-state index contributed by atoms with van der Waals surface area (Å²) < 4.78 is 0. The van der Waals surface area contributed by atoms with Crippen molar-refractivity contribution >= 4 is 11.8 Å². The molecule has 0 amide bonds. The zero-order valence-corrected chi connectivity index (χ0v) is 7.53. The molecule has 1 aromatic rings. The van der Waals surface area contributed by atoms with Gasteiger partial charge in [-0.25, -0.2) is 4.79 Å². The Morgan fingerprint density at radius 1 is 1.50 bits per heavy atom. The molecule has 1 aliphatic rings. The Kier molecular flexibility index (Phi) is 1.79. The number of rotatable bonds is 2. The van der Waals surface area contributed by atoms with Crippen molar-refractivity contribution in [1.29, 1.82) is 0 Å². The van der Waals surface area contributed by atoms with Crippen LogP contribution in [0.1, 0.15) is 18.4 Å². The predicted molar refractivity (Wildman–Crippen MR) is 51.6 cm³/mol. The second-order valence-corrected chi connectivity index (χ2v) is 3.51. The van der Waals surface area contributed by atoms with Crippen LogP contribution in [0, 0.1) is 0 Å². The van der Waals surface area contributed by atoms with Crippen molar-refractivity contribution in [3.8, 4) is 5.75 Å². The number of benzene rings is 1. The van der Waals surface area contributed by atoms with E-state index in [4.69, 9.17) is 5.73 Å². The minimum Gasteiger partial charge on any atom is -0.506 e. The molecular weight excluding hydrogens is 180 g/mol. The Bertz CT molecular complexity index is 418. The number of nitrogens with two attached hydrogens (primary N) is 1. The van der Waals surface area contributed by atoms with Crippen LogP contribution < -0.4 is 5.73 Å². The number of aliphatic imine (C=N–C) groups is 1. The van der Waals surface area contributed by atoms with Crippen LogP contribution >= 0.6 is 0 Å². The second-order valence-electron chi connectivity index (χ2n) is 3.51. The van der Waals surface area contributed by atoms with Gasteiger partial charge in [-0.2, -0.15) is 4.99 Å². The Morgan fingerprint density at radius 3 is 2.71 bits per heavy atom. The molecule has 0 spiro atoms. The lowest BCUT2D eigenvalue weighted by atomic mass is 10.0. The van der Waals surface area contributed by atoms with Crippen molar-refractivity contribution < 1.29 is 9.90 Å². The van der Waals surface area contributed by atoms with E-state index < -0.39 is 5.54 Å². The highest BCUT2D eigenvalue weighted by Crippen LogP contribution is 2.50. The zero-order valence-electron chi connectivity index (χ0n) is 7.53. The van der Waals surface area contributed by atoms with Gasteiger partial charge in [0.1, 0.15) is 5.75 Å². The monoisotopic (exact) mass is 190 g/mol. The van der Waals surface area contributed by atoms with Gasteiger partial charge in [-0.15, -0.1) is 0 Å². The molecule has 14 heavy (non-hydrogen) atoms. The average molecular weight is 190 g/mol. The van der Waals surface area contributed by atoms with Gasteiger partial charge in [0.2, 0.25) is 6.08 Å². The third kappa shape index (κ3) is 1.26. The van der Waals surface area contributed by atoms with E-state index in [9.17, 15) is 9.90 Å². The fourth-order valence-corrected chi connectivity index (χ4v) is 1.51. The van der Waals surface area contributed by atoms with Crippen LogP contribution in [0.3, 0.4) is 0 Å². The predicted octanol–water partition coefficient (Wildman–Crippen LogP) is 1.30. The highest BCUT2D eigenvalue weighted by atomic mass is 16.3. The maximum atomic E-state index is 10.2. The highest BCUT2D eigenvalue weighted by Gasteiger charge is 2.44. The van der Waals surface area contributed by atoms with Crippen LogP contribution in [0.15, 0.2) is 23.2 Å². The van der Waals surface area contributed by atoms with Gasteiger partial charge in [0.05, 0.1) is 11.2 Å². The van der Waals surface area contributed by atoms with Crippen molar-refractivity contribution in [2.45, 2.75) is 18.4 Å². The number of nitrogen functional groups attached to an aromatic ring is 1. The van der Waals surface area contributed by atoms with Gasteiger partial charge in [-0.05, 0) is 30.5 Å². The molecule has 0 saturated heterocycles. The molecule has 1 aromatic carbocycles. The number of hydrogen-bond acceptors (Lipinski definition) is 4. The molecule has 0 unspecified atom stereocenters. The fraction of sp³-hybridized carbons (Fsp3) is 0.300. The van der Waals surface area contributed by atoms with E-state index in [0.717, 1.165) is 18.4 Å². The average Bonchev–Trinajstić information content (AvgIpc) is 2.91. The van der Waals surface area contributed by atoms with Crippen molar-refractivity contribution in [1.82, 2.24) is 0 Å². The third-order valence-electron chi connectivity index (χ3n) is 2.55. The zero-order chi connectivity index (χ0) is 10.2. The maximum Gasteiger partial charge on any atom is 0.235 e. The molecule has 4 nitrogen and oxygen atoms in total. The summed E-state index contributed by atoms with van der Waals surface area (Å²) in [6.45, 7) is 0. The Morgan fingerprint density at radius 2 is 2.21 bits per heavy atom. The summed E-state index contributed by atoms with van der Waals surface area (Å²) in [6, 6.07) is 4.91. The molecule has 0 heterocycles. The van der Waals surface area contributed by atoms with E-state index in [1.54, 1.807) is 18.2 Å². The summed E-state index contributed by atoms with van der Waals surface area (Å²) in [7, 11) is 0. The molecule has 0 radical (unpaired) electrons. The lowest BCUT2D eigenvalue weighted by Crippen LogP contribution is -2.02. The van der Waals surface area contributed by atoms with Crippen molar-refractivity contribution in [3.05, 3.63) is 23.8 Å². The molecule has 72 valence electrons. The van der Waals surface area contributed by atoms with Gasteiger partial charge < -0.3 is 10.8 Å². The van der Waals surface area contributed by atoms with E-state index in [1.807, 2.05) is 0 Å². The standard InChI is InChI=1S/C10H10N2O2/c11-8-5-7(1-2-9(8)14)10(3-4-10)12-6-13/h1-2,5,14H,3-4,11H2. The van der Waals surface area contributed by atoms with Crippen LogP contribution in [-0.4, -0.2) is 11.2 Å². The number of hydrogen-bond donors (Lipinski definition) is 2. The number of phenolic OH excluding ortho intramolecular Hbond substituents is 1. The molecule has 0 bridgehead atoms. The van der Waals surface area contributed by atoms with Gasteiger partial charge in [0, 0.05) is 0 Å². The molecular formula is C10H10N2O2. The molecule has 2 rings (SSSR count). The van der Waals surface area contributed by atoms with Gasteiger partial charge in [0.15, 0.2) is 0 Å². The van der Waals surface area contributed by atoms with Gasteiger partial charge in [-0.3, -0.25) is 0 Å². The first-order valence-corrected chi connectivity index (χ1v) is 4.36. The smallest absolute Gasteiger partial charge is 0.235 e. The quantitative estimate of drug-likeness (QED) is 0.319. The molecule has 1 aliphatic carbocycles. The molecule has 4 heteroatoms. The number of anilines is 1. The maximum absolute atomic E-state index is 10.2. The first-order valence-electron chi connectivity index (χ1n) is 4.36. The minimum atomic E-state index is -0.413.